The van der Waals surface area contributed by atoms with E-state index in [1.807, 2.05) is 0 Å². The lowest BCUT2D eigenvalue weighted by atomic mass is 10.1. The van der Waals surface area contributed by atoms with Crippen LogP contribution >= 0.6 is 0 Å². The third kappa shape index (κ3) is 5.44. The number of hydrogen-bond donors (Lipinski definition) is 2. The van der Waals surface area contributed by atoms with Crippen LogP contribution in [0.4, 0.5) is 0 Å². The maximum atomic E-state index is 10.9. The Kier molecular flexibility index (Phi) is 6.37. The molecule has 1 aliphatic heterocycles. The predicted octanol–water partition coefficient (Wildman–Crippen LogP) is -0.404. The Morgan fingerprint density at radius 1 is 1.56 bits per heavy atom. The van der Waals surface area contributed by atoms with E-state index in [0.29, 0.717) is 13.2 Å². The van der Waals surface area contributed by atoms with E-state index in [1.54, 1.807) is 6.92 Å². The average molecular weight is 230 g/mol. The molecule has 1 unspecified atom stereocenters. The lowest BCUT2D eigenvalue weighted by Gasteiger charge is -2.32. The first kappa shape index (κ1) is 13.4. The first-order valence-corrected chi connectivity index (χ1v) is 5.90. The van der Waals surface area contributed by atoms with Gasteiger partial charge in [0.15, 0.2) is 0 Å². The Balaban J connectivity index is 2.14. The minimum atomic E-state index is 0.0448. The number of ether oxygens (including phenoxy) is 1. The maximum Gasteiger partial charge on any atom is 0.217 e. The molecule has 1 rings (SSSR count). The van der Waals surface area contributed by atoms with E-state index in [2.05, 4.69) is 10.2 Å². The number of nitrogens with one attached hydrogen (secondary N) is 1. The van der Waals surface area contributed by atoms with Crippen LogP contribution in [0.3, 0.4) is 0 Å². The molecule has 94 valence electrons. The lowest BCUT2D eigenvalue weighted by molar-refractivity contribution is -0.120. The molecule has 5 heteroatoms. The first-order valence-electron chi connectivity index (χ1n) is 5.90. The maximum absolute atomic E-state index is 10.9. The summed E-state index contributed by atoms with van der Waals surface area (Å²) in [6.45, 7) is 5.53. The molecular weight excluding hydrogens is 208 g/mol. The third-order valence-electron chi connectivity index (χ3n) is 2.70. The topological polar surface area (TPSA) is 61.8 Å². The van der Waals surface area contributed by atoms with Gasteiger partial charge in [-0.3, -0.25) is 9.69 Å². The van der Waals surface area contributed by atoms with Gasteiger partial charge in [0.05, 0.1) is 19.8 Å². The zero-order chi connectivity index (χ0) is 11.8. The van der Waals surface area contributed by atoms with Gasteiger partial charge in [0.2, 0.25) is 5.91 Å². The van der Waals surface area contributed by atoms with Crippen LogP contribution in [0.2, 0.25) is 0 Å². The molecule has 0 aromatic heterocycles. The molecule has 0 bridgehead atoms. The Hall–Kier alpha value is -0.650. The summed E-state index contributed by atoms with van der Waals surface area (Å²) in [7, 11) is 0. The standard InChI is InChI=1S/C11H22N2O3/c1-10(15)12-11-3-2-4-13(9-11)5-7-16-8-6-14/h11,14H,2-9H2,1H3,(H,12,15). The van der Waals surface area contributed by atoms with E-state index < -0.39 is 0 Å². The van der Waals surface area contributed by atoms with Gasteiger partial charge in [-0.15, -0.1) is 0 Å². The Labute approximate surface area is 96.8 Å². The summed E-state index contributed by atoms with van der Waals surface area (Å²) < 4.78 is 5.22. The molecule has 0 spiro atoms. The minimum Gasteiger partial charge on any atom is -0.394 e. The fourth-order valence-electron chi connectivity index (χ4n) is 2.02. The van der Waals surface area contributed by atoms with Crippen LogP contribution in [-0.2, 0) is 9.53 Å². The van der Waals surface area contributed by atoms with Crippen LogP contribution in [0.1, 0.15) is 19.8 Å². The van der Waals surface area contributed by atoms with Crippen molar-refractivity contribution in [1.82, 2.24) is 10.2 Å². The summed E-state index contributed by atoms with van der Waals surface area (Å²) in [4.78, 5) is 13.2. The lowest BCUT2D eigenvalue weighted by Crippen LogP contribution is -2.47. The van der Waals surface area contributed by atoms with E-state index in [-0.39, 0.29) is 18.6 Å². The van der Waals surface area contributed by atoms with Gasteiger partial charge in [-0.05, 0) is 19.4 Å². The number of nitrogens with zero attached hydrogens (tertiary/aromatic N) is 1. The second kappa shape index (κ2) is 7.60. The van der Waals surface area contributed by atoms with Gasteiger partial charge in [-0.2, -0.15) is 0 Å². The number of carbonyl (C=O) groups is 1. The highest BCUT2D eigenvalue weighted by atomic mass is 16.5. The monoisotopic (exact) mass is 230 g/mol. The van der Waals surface area contributed by atoms with E-state index in [4.69, 9.17) is 9.84 Å². The highest BCUT2D eigenvalue weighted by Crippen LogP contribution is 2.09. The smallest absolute Gasteiger partial charge is 0.217 e. The van der Waals surface area contributed by atoms with Crippen molar-refractivity contribution in [3.63, 3.8) is 0 Å². The number of amides is 1. The summed E-state index contributed by atoms with van der Waals surface area (Å²) >= 11 is 0. The van der Waals surface area contributed by atoms with Crippen LogP contribution in [0.5, 0.6) is 0 Å². The van der Waals surface area contributed by atoms with Gasteiger partial charge in [-0.1, -0.05) is 0 Å². The average Bonchev–Trinajstić information content (AvgIpc) is 2.24. The molecule has 5 nitrogen and oxygen atoms in total. The summed E-state index contributed by atoms with van der Waals surface area (Å²) in [6, 6.07) is 0.282. The van der Waals surface area contributed by atoms with Crippen molar-refractivity contribution in [2.24, 2.45) is 0 Å². The summed E-state index contributed by atoms with van der Waals surface area (Å²) in [5.41, 5.74) is 0. The highest BCUT2D eigenvalue weighted by molar-refractivity contribution is 5.73. The van der Waals surface area contributed by atoms with Gasteiger partial charge >= 0.3 is 0 Å². The van der Waals surface area contributed by atoms with Crippen molar-refractivity contribution in [2.75, 3.05) is 39.5 Å². The van der Waals surface area contributed by atoms with Crippen LogP contribution in [-0.4, -0.2) is 61.4 Å². The fourth-order valence-corrected chi connectivity index (χ4v) is 2.02. The van der Waals surface area contributed by atoms with Crippen molar-refractivity contribution in [1.29, 1.82) is 0 Å². The summed E-state index contributed by atoms with van der Waals surface area (Å²) in [5.74, 6) is 0.0448. The molecule has 0 aromatic carbocycles. The number of carbonyl (C=O) groups excluding carboxylic acids is 1. The van der Waals surface area contributed by atoms with E-state index in [0.717, 1.165) is 32.5 Å². The van der Waals surface area contributed by atoms with Gasteiger partial charge in [0.25, 0.3) is 0 Å². The van der Waals surface area contributed by atoms with E-state index >= 15 is 0 Å². The second-order valence-electron chi connectivity index (χ2n) is 4.18. The van der Waals surface area contributed by atoms with Crippen molar-refractivity contribution in [2.45, 2.75) is 25.8 Å². The quantitative estimate of drug-likeness (QED) is 0.609. The molecule has 1 atom stereocenters. The van der Waals surface area contributed by atoms with Crippen LogP contribution in [0.15, 0.2) is 0 Å². The molecule has 1 fully saturated rings. The normalized spacial score (nSPS) is 22.0. The molecule has 0 aromatic rings. The molecule has 0 aliphatic carbocycles. The number of likely N-dealkylation sites (tertiary alicyclic amines) is 1. The van der Waals surface area contributed by atoms with Crippen LogP contribution in [0.25, 0.3) is 0 Å². The van der Waals surface area contributed by atoms with Gasteiger partial charge in [0, 0.05) is 26.1 Å². The summed E-state index contributed by atoms with van der Waals surface area (Å²) in [5, 5.41) is 11.5. The zero-order valence-electron chi connectivity index (χ0n) is 9.95. The SMILES string of the molecule is CC(=O)NC1CCCN(CCOCCO)C1. The molecule has 2 N–H and O–H groups in total. The minimum absolute atomic E-state index is 0.0448. The van der Waals surface area contributed by atoms with Gasteiger partial charge in [-0.25, -0.2) is 0 Å². The highest BCUT2D eigenvalue weighted by Gasteiger charge is 2.19. The van der Waals surface area contributed by atoms with Gasteiger partial charge < -0.3 is 15.2 Å². The van der Waals surface area contributed by atoms with Crippen molar-refractivity contribution in [3.8, 4) is 0 Å². The van der Waals surface area contributed by atoms with Crippen LogP contribution in [0, 0.1) is 0 Å². The molecule has 1 amide bonds. The number of aliphatic hydroxyl groups excluding tert-OH is 1. The molecule has 1 aliphatic rings. The number of aliphatic hydroxyl groups is 1. The molecule has 0 saturated carbocycles. The molecule has 1 heterocycles. The number of piperidine rings is 1. The second-order valence-corrected chi connectivity index (χ2v) is 4.18. The molecule has 1 saturated heterocycles. The van der Waals surface area contributed by atoms with Crippen LogP contribution < -0.4 is 5.32 Å². The Bertz CT molecular complexity index is 211. The Morgan fingerprint density at radius 3 is 3.06 bits per heavy atom. The number of hydrogen-bond acceptors (Lipinski definition) is 4. The van der Waals surface area contributed by atoms with Gasteiger partial charge in [0.1, 0.15) is 0 Å². The largest absolute Gasteiger partial charge is 0.394 e. The van der Waals surface area contributed by atoms with Crippen molar-refractivity contribution in [3.05, 3.63) is 0 Å². The third-order valence-corrected chi connectivity index (χ3v) is 2.70. The molecular formula is C11H22N2O3. The summed E-state index contributed by atoms with van der Waals surface area (Å²) in [6.07, 6.45) is 2.18. The zero-order valence-corrected chi connectivity index (χ0v) is 9.95. The molecule has 16 heavy (non-hydrogen) atoms. The van der Waals surface area contributed by atoms with Crippen molar-refractivity contribution < 1.29 is 14.6 Å². The van der Waals surface area contributed by atoms with Crippen molar-refractivity contribution >= 4 is 5.91 Å². The predicted molar refractivity (Wildman–Crippen MR) is 61.2 cm³/mol. The molecule has 0 radical (unpaired) electrons. The number of rotatable bonds is 6. The Morgan fingerprint density at radius 2 is 2.38 bits per heavy atom. The van der Waals surface area contributed by atoms with E-state index in [1.165, 1.54) is 0 Å². The van der Waals surface area contributed by atoms with E-state index in [9.17, 15) is 4.79 Å². The first-order chi connectivity index (χ1) is 7.72. The fraction of sp³-hybridized carbons (Fsp3) is 0.909.